The Morgan fingerprint density at radius 2 is 2.00 bits per heavy atom. The fourth-order valence-corrected chi connectivity index (χ4v) is 4.39. The minimum absolute atomic E-state index is 0.286. The molecule has 2 aliphatic rings. The van der Waals surface area contributed by atoms with Crippen LogP contribution in [0.2, 0.25) is 0 Å². The molecule has 2 nitrogen and oxygen atoms in total. The van der Waals surface area contributed by atoms with Crippen molar-refractivity contribution >= 4 is 11.8 Å². The highest BCUT2D eigenvalue weighted by atomic mass is 32.2. The number of thioether (sulfide) groups is 1. The number of phenols is 1. The van der Waals surface area contributed by atoms with Gasteiger partial charge in [0.05, 0.1) is 5.37 Å². The van der Waals surface area contributed by atoms with E-state index < -0.39 is 0 Å². The predicted molar refractivity (Wildman–Crippen MR) is 67.6 cm³/mol. The molecule has 0 bridgehead atoms. The highest BCUT2D eigenvalue weighted by Crippen LogP contribution is 2.45. The lowest BCUT2D eigenvalue weighted by Gasteiger charge is -2.23. The minimum atomic E-state index is 0.286. The van der Waals surface area contributed by atoms with Crippen LogP contribution in [0.3, 0.4) is 0 Å². The van der Waals surface area contributed by atoms with Crippen molar-refractivity contribution < 1.29 is 5.11 Å². The van der Waals surface area contributed by atoms with Crippen LogP contribution < -0.4 is 5.32 Å². The molecule has 0 amide bonds. The van der Waals surface area contributed by atoms with Gasteiger partial charge in [-0.1, -0.05) is 31.0 Å². The summed E-state index contributed by atoms with van der Waals surface area (Å²) in [6.07, 6.45) is 5.33. The number of benzene rings is 1. The Labute approximate surface area is 100 Å². The summed E-state index contributed by atoms with van der Waals surface area (Å²) in [6.45, 7) is 0. The Balaban J connectivity index is 1.80. The third kappa shape index (κ3) is 1.82. The highest BCUT2D eigenvalue weighted by Gasteiger charge is 2.36. The summed E-state index contributed by atoms with van der Waals surface area (Å²) < 4.78 is 0. The van der Waals surface area contributed by atoms with Gasteiger partial charge >= 0.3 is 0 Å². The quantitative estimate of drug-likeness (QED) is 0.784. The molecule has 0 spiro atoms. The fraction of sp³-hybridized carbons (Fsp3) is 0.538. The van der Waals surface area contributed by atoms with Gasteiger partial charge in [-0.3, -0.25) is 5.32 Å². The number of hydrogen-bond acceptors (Lipinski definition) is 3. The topological polar surface area (TPSA) is 32.3 Å². The van der Waals surface area contributed by atoms with Crippen molar-refractivity contribution in [3.63, 3.8) is 0 Å². The van der Waals surface area contributed by atoms with Gasteiger partial charge in [-0.25, -0.2) is 0 Å². The molecule has 3 heteroatoms. The van der Waals surface area contributed by atoms with E-state index in [-0.39, 0.29) is 5.37 Å². The van der Waals surface area contributed by atoms with Gasteiger partial charge in [0, 0.05) is 16.9 Å². The van der Waals surface area contributed by atoms with Crippen LogP contribution in [-0.4, -0.2) is 16.4 Å². The van der Waals surface area contributed by atoms with Crippen molar-refractivity contribution in [2.45, 2.75) is 42.3 Å². The van der Waals surface area contributed by atoms with E-state index in [1.807, 2.05) is 30.0 Å². The second-order valence-electron chi connectivity index (χ2n) is 4.67. The molecule has 2 N–H and O–H groups in total. The average Bonchev–Trinajstić information content (AvgIpc) is 2.73. The molecule has 1 aliphatic carbocycles. The van der Waals surface area contributed by atoms with Crippen molar-refractivity contribution in [3.8, 4) is 5.75 Å². The third-order valence-corrected chi connectivity index (χ3v) is 5.17. The van der Waals surface area contributed by atoms with Crippen LogP contribution in [0.15, 0.2) is 24.3 Å². The number of phenolic OH excluding ortho intramolecular Hbond substituents is 1. The SMILES string of the molecule is Oc1ccccc1C1NC2CCCCC2S1. The first-order chi connectivity index (χ1) is 7.84. The lowest BCUT2D eigenvalue weighted by Crippen LogP contribution is -2.33. The second kappa shape index (κ2) is 4.30. The fourth-order valence-electron chi connectivity index (χ4n) is 2.73. The molecule has 1 saturated heterocycles. The number of hydrogen-bond donors (Lipinski definition) is 2. The van der Waals surface area contributed by atoms with Gasteiger partial charge in [0.2, 0.25) is 0 Å². The Hall–Kier alpha value is -0.670. The van der Waals surface area contributed by atoms with E-state index in [9.17, 15) is 5.11 Å². The molecule has 0 aromatic heterocycles. The Morgan fingerprint density at radius 1 is 1.19 bits per heavy atom. The molecule has 2 fully saturated rings. The zero-order chi connectivity index (χ0) is 11.0. The minimum Gasteiger partial charge on any atom is -0.508 e. The lowest BCUT2D eigenvalue weighted by molar-refractivity contribution is 0.399. The van der Waals surface area contributed by atoms with Gasteiger partial charge in [0.1, 0.15) is 5.75 Å². The number of nitrogens with one attached hydrogen (secondary N) is 1. The second-order valence-corrected chi connectivity index (χ2v) is 6.02. The number of aromatic hydroxyl groups is 1. The van der Waals surface area contributed by atoms with Crippen LogP contribution in [0.5, 0.6) is 5.75 Å². The third-order valence-electron chi connectivity index (χ3n) is 3.60. The molecule has 1 aromatic rings. The first-order valence-electron chi connectivity index (χ1n) is 6.04. The highest BCUT2D eigenvalue weighted by molar-refractivity contribution is 8.00. The molecule has 3 atom stereocenters. The van der Waals surface area contributed by atoms with Crippen molar-refractivity contribution in [3.05, 3.63) is 29.8 Å². The summed E-state index contributed by atoms with van der Waals surface area (Å²) in [6, 6.07) is 8.34. The molecule has 86 valence electrons. The maximum atomic E-state index is 9.85. The molecule has 1 heterocycles. The van der Waals surface area contributed by atoms with Gasteiger partial charge in [0.25, 0.3) is 0 Å². The summed E-state index contributed by atoms with van der Waals surface area (Å²) >= 11 is 1.99. The molecule has 0 radical (unpaired) electrons. The first kappa shape index (κ1) is 10.5. The number of para-hydroxylation sites is 1. The standard InChI is InChI=1S/C13H17NOS/c15-11-7-3-1-5-9(11)13-14-10-6-2-4-8-12(10)16-13/h1,3,5,7,10,12-15H,2,4,6,8H2. The molecule has 3 unspecified atom stereocenters. The van der Waals surface area contributed by atoms with Crippen LogP contribution in [0, 0.1) is 0 Å². The van der Waals surface area contributed by atoms with E-state index >= 15 is 0 Å². The predicted octanol–water partition coefficient (Wildman–Crippen LogP) is 3.04. The van der Waals surface area contributed by atoms with Gasteiger partial charge in [-0.15, -0.1) is 11.8 Å². The number of fused-ring (bicyclic) bond motifs is 1. The summed E-state index contributed by atoms with van der Waals surface area (Å²) in [5.74, 6) is 0.422. The maximum Gasteiger partial charge on any atom is 0.121 e. The Morgan fingerprint density at radius 3 is 2.81 bits per heavy atom. The molecular formula is C13H17NOS. The zero-order valence-electron chi connectivity index (χ0n) is 9.23. The van der Waals surface area contributed by atoms with Crippen LogP contribution in [0.25, 0.3) is 0 Å². The monoisotopic (exact) mass is 235 g/mol. The Kier molecular flexibility index (Phi) is 2.82. The van der Waals surface area contributed by atoms with Crippen molar-refractivity contribution in [1.82, 2.24) is 5.32 Å². The maximum absolute atomic E-state index is 9.85. The molecule has 1 aromatic carbocycles. The van der Waals surface area contributed by atoms with E-state index in [0.29, 0.717) is 11.8 Å². The molecule has 16 heavy (non-hydrogen) atoms. The summed E-state index contributed by atoms with van der Waals surface area (Å²) in [5.41, 5.74) is 1.04. The Bertz CT molecular complexity index is 368. The van der Waals surface area contributed by atoms with Crippen molar-refractivity contribution in [2.75, 3.05) is 0 Å². The van der Waals surface area contributed by atoms with Gasteiger partial charge in [-0.05, 0) is 18.9 Å². The summed E-state index contributed by atoms with van der Waals surface area (Å²) in [7, 11) is 0. The smallest absolute Gasteiger partial charge is 0.121 e. The number of rotatable bonds is 1. The molecule has 3 rings (SSSR count). The lowest BCUT2D eigenvalue weighted by atomic mass is 9.95. The van der Waals surface area contributed by atoms with Gasteiger partial charge in [-0.2, -0.15) is 0 Å². The average molecular weight is 235 g/mol. The molecule has 1 saturated carbocycles. The zero-order valence-corrected chi connectivity index (χ0v) is 10.0. The largest absolute Gasteiger partial charge is 0.508 e. The van der Waals surface area contributed by atoms with E-state index in [0.717, 1.165) is 10.8 Å². The van der Waals surface area contributed by atoms with Crippen LogP contribution >= 0.6 is 11.8 Å². The van der Waals surface area contributed by atoms with E-state index in [1.165, 1.54) is 25.7 Å². The van der Waals surface area contributed by atoms with Crippen LogP contribution in [0.4, 0.5) is 0 Å². The summed E-state index contributed by atoms with van der Waals surface area (Å²) in [5, 5.41) is 14.5. The summed E-state index contributed by atoms with van der Waals surface area (Å²) in [4.78, 5) is 0. The van der Waals surface area contributed by atoms with Crippen LogP contribution in [-0.2, 0) is 0 Å². The van der Waals surface area contributed by atoms with Crippen molar-refractivity contribution in [2.24, 2.45) is 0 Å². The van der Waals surface area contributed by atoms with Crippen LogP contribution in [0.1, 0.15) is 36.6 Å². The molecular weight excluding hydrogens is 218 g/mol. The van der Waals surface area contributed by atoms with E-state index in [4.69, 9.17) is 0 Å². The van der Waals surface area contributed by atoms with Gasteiger partial charge < -0.3 is 5.11 Å². The normalized spacial score (nSPS) is 33.6. The van der Waals surface area contributed by atoms with Gasteiger partial charge in [0.15, 0.2) is 0 Å². The first-order valence-corrected chi connectivity index (χ1v) is 6.98. The van der Waals surface area contributed by atoms with E-state index in [1.54, 1.807) is 6.07 Å². The molecule has 1 aliphatic heterocycles. The van der Waals surface area contributed by atoms with E-state index in [2.05, 4.69) is 5.32 Å². The van der Waals surface area contributed by atoms with Crippen molar-refractivity contribution in [1.29, 1.82) is 0 Å².